The summed E-state index contributed by atoms with van der Waals surface area (Å²) in [4.78, 5) is 25.9. The fraction of sp³-hybridized carbons (Fsp3) is 0.529. The Morgan fingerprint density at radius 2 is 1.86 bits per heavy atom. The highest BCUT2D eigenvalue weighted by Gasteiger charge is 2.24. The quantitative estimate of drug-likeness (QED) is 0.802. The highest BCUT2D eigenvalue weighted by molar-refractivity contribution is 5.87. The van der Waals surface area contributed by atoms with Gasteiger partial charge in [0.2, 0.25) is 11.8 Å². The normalized spacial score (nSPS) is 11.6. The Morgan fingerprint density at radius 1 is 1.23 bits per heavy atom. The molecule has 1 atom stereocenters. The molecule has 5 nitrogen and oxygen atoms in total. The molecule has 0 heterocycles. The number of amides is 2. The lowest BCUT2D eigenvalue weighted by atomic mass is 10.1. The van der Waals surface area contributed by atoms with Crippen molar-refractivity contribution >= 4 is 11.8 Å². The third-order valence-corrected chi connectivity index (χ3v) is 3.53. The van der Waals surface area contributed by atoms with Gasteiger partial charge in [0.05, 0.1) is 7.11 Å². The maximum atomic E-state index is 12.2. The molecule has 0 aromatic heterocycles. The van der Waals surface area contributed by atoms with E-state index in [1.165, 1.54) is 0 Å². The number of hydrogen-bond acceptors (Lipinski definition) is 3. The zero-order chi connectivity index (χ0) is 16.5. The average molecular weight is 306 g/mol. The number of benzene rings is 1. The Bertz CT molecular complexity index is 485. The predicted molar refractivity (Wildman–Crippen MR) is 86.6 cm³/mol. The summed E-state index contributed by atoms with van der Waals surface area (Å²) in [6, 6.07) is 7.04. The summed E-state index contributed by atoms with van der Waals surface area (Å²) in [6.45, 7) is 6.61. The van der Waals surface area contributed by atoms with Crippen LogP contribution in [-0.4, -0.2) is 36.4 Å². The average Bonchev–Trinajstić information content (AvgIpc) is 2.56. The number of rotatable bonds is 8. The molecule has 1 aromatic carbocycles. The molecule has 22 heavy (non-hydrogen) atoms. The number of methoxy groups -OCH3 is 1. The molecule has 1 unspecified atom stereocenters. The molecule has 0 radical (unpaired) electrons. The van der Waals surface area contributed by atoms with Crippen LogP contribution in [-0.2, 0) is 16.1 Å². The molecule has 0 aliphatic heterocycles. The second kappa shape index (κ2) is 9.07. The number of nitrogens with zero attached hydrogens (tertiary/aromatic N) is 1. The molecule has 0 spiro atoms. The van der Waals surface area contributed by atoms with Gasteiger partial charge in [-0.3, -0.25) is 9.59 Å². The van der Waals surface area contributed by atoms with E-state index in [0.717, 1.165) is 17.7 Å². The van der Waals surface area contributed by atoms with E-state index < -0.39 is 6.04 Å². The second-order valence-corrected chi connectivity index (χ2v) is 5.19. The third-order valence-electron chi connectivity index (χ3n) is 3.53. The molecule has 122 valence electrons. The van der Waals surface area contributed by atoms with Crippen LogP contribution < -0.4 is 10.1 Å². The molecule has 0 aliphatic carbocycles. The van der Waals surface area contributed by atoms with E-state index in [9.17, 15) is 9.59 Å². The summed E-state index contributed by atoms with van der Waals surface area (Å²) in [7, 11) is 1.61. The van der Waals surface area contributed by atoms with Crippen LogP contribution in [0.3, 0.4) is 0 Å². The third kappa shape index (κ3) is 5.06. The van der Waals surface area contributed by atoms with Gasteiger partial charge in [0, 0.05) is 19.5 Å². The topological polar surface area (TPSA) is 58.6 Å². The van der Waals surface area contributed by atoms with E-state index in [1.54, 1.807) is 25.9 Å². The first-order valence-electron chi connectivity index (χ1n) is 7.73. The summed E-state index contributed by atoms with van der Waals surface area (Å²) in [5, 5.41) is 2.84. The number of nitrogens with one attached hydrogen (secondary N) is 1. The van der Waals surface area contributed by atoms with E-state index in [1.807, 2.05) is 31.2 Å². The summed E-state index contributed by atoms with van der Waals surface area (Å²) in [6.07, 6.45) is 1.25. The predicted octanol–water partition coefficient (Wildman–Crippen LogP) is 2.35. The zero-order valence-electron chi connectivity index (χ0n) is 13.9. The van der Waals surface area contributed by atoms with Gasteiger partial charge in [0.25, 0.3) is 0 Å². The molecule has 1 N–H and O–H groups in total. The number of carbonyl (C=O) groups excluding carboxylic acids is 2. The van der Waals surface area contributed by atoms with Crippen LogP contribution in [0.1, 0.15) is 39.2 Å². The number of carbonyl (C=O) groups is 2. The first-order valence-corrected chi connectivity index (χ1v) is 7.73. The fourth-order valence-electron chi connectivity index (χ4n) is 2.11. The zero-order valence-corrected chi connectivity index (χ0v) is 13.9. The van der Waals surface area contributed by atoms with Gasteiger partial charge in [-0.1, -0.05) is 26.0 Å². The molecule has 1 aromatic rings. The summed E-state index contributed by atoms with van der Waals surface area (Å²) >= 11 is 0. The van der Waals surface area contributed by atoms with Crippen molar-refractivity contribution in [2.45, 2.75) is 46.2 Å². The standard InChI is InChI=1S/C17H26N2O3/c1-5-11-18-17(21)13(3)19(16(20)6-2)12-14-7-9-15(22-4)10-8-14/h7-10,13H,5-6,11-12H2,1-4H3,(H,18,21). The smallest absolute Gasteiger partial charge is 0.242 e. The van der Waals surface area contributed by atoms with Gasteiger partial charge in [-0.05, 0) is 31.0 Å². The van der Waals surface area contributed by atoms with E-state index in [2.05, 4.69) is 5.32 Å². The molecular formula is C17H26N2O3. The summed E-state index contributed by atoms with van der Waals surface area (Å²) in [5.74, 6) is 0.623. The van der Waals surface area contributed by atoms with Gasteiger partial charge in [-0.15, -0.1) is 0 Å². The van der Waals surface area contributed by atoms with Gasteiger partial charge < -0.3 is 15.0 Å². The van der Waals surface area contributed by atoms with Gasteiger partial charge in [0.15, 0.2) is 0 Å². The molecule has 0 saturated heterocycles. The fourth-order valence-corrected chi connectivity index (χ4v) is 2.11. The maximum absolute atomic E-state index is 12.2. The van der Waals surface area contributed by atoms with E-state index in [-0.39, 0.29) is 11.8 Å². The van der Waals surface area contributed by atoms with Crippen LogP contribution in [0.4, 0.5) is 0 Å². The highest BCUT2D eigenvalue weighted by Crippen LogP contribution is 2.15. The van der Waals surface area contributed by atoms with Crippen molar-refractivity contribution in [3.8, 4) is 5.75 Å². The van der Waals surface area contributed by atoms with Crippen LogP contribution in [0.5, 0.6) is 5.75 Å². The lowest BCUT2D eigenvalue weighted by molar-refractivity contribution is -0.140. The Labute approximate surface area is 132 Å². The lowest BCUT2D eigenvalue weighted by Gasteiger charge is -2.28. The van der Waals surface area contributed by atoms with Crippen LogP contribution in [0, 0.1) is 0 Å². The molecule has 1 rings (SSSR count). The van der Waals surface area contributed by atoms with Crippen molar-refractivity contribution in [1.29, 1.82) is 0 Å². The van der Waals surface area contributed by atoms with Crippen LogP contribution in [0.15, 0.2) is 24.3 Å². The minimum atomic E-state index is -0.485. The molecule has 5 heteroatoms. The molecule has 0 bridgehead atoms. The Kier molecular flexibility index (Phi) is 7.43. The van der Waals surface area contributed by atoms with E-state index in [0.29, 0.717) is 19.5 Å². The van der Waals surface area contributed by atoms with E-state index in [4.69, 9.17) is 4.74 Å². The molecule has 2 amide bonds. The first-order chi connectivity index (χ1) is 10.5. The first kappa shape index (κ1) is 18.0. The Morgan fingerprint density at radius 3 is 2.36 bits per heavy atom. The number of ether oxygens (including phenoxy) is 1. The van der Waals surface area contributed by atoms with Crippen molar-refractivity contribution in [1.82, 2.24) is 10.2 Å². The van der Waals surface area contributed by atoms with Gasteiger partial charge >= 0.3 is 0 Å². The van der Waals surface area contributed by atoms with Crippen LogP contribution in [0.25, 0.3) is 0 Å². The van der Waals surface area contributed by atoms with Gasteiger partial charge in [-0.2, -0.15) is 0 Å². The van der Waals surface area contributed by atoms with Crippen molar-refractivity contribution in [2.75, 3.05) is 13.7 Å². The second-order valence-electron chi connectivity index (χ2n) is 5.19. The molecule has 0 fully saturated rings. The maximum Gasteiger partial charge on any atom is 0.242 e. The van der Waals surface area contributed by atoms with Crippen molar-refractivity contribution < 1.29 is 14.3 Å². The van der Waals surface area contributed by atoms with Crippen LogP contribution >= 0.6 is 0 Å². The molecule has 0 aliphatic rings. The van der Waals surface area contributed by atoms with Crippen molar-refractivity contribution in [3.05, 3.63) is 29.8 Å². The Balaban J connectivity index is 2.83. The van der Waals surface area contributed by atoms with Gasteiger partial charge in [-0.25, -0.2) is 0 Å². The van der Waals surface area contributed by atoms with Crippen molar-refractivity contribution in [2.24, 2.45) is 0 Å². The van der Waals surface area contributed by atoms with Crippen molar-refractivity contribution in [3.63, 3.8) is 0 Å². The Hall–Kier alpha value is -2.04. The molecule has 0 saturated carbocycles. The summed E-state index contributed by atoms with van der Waals surface area (Å²) < 4.78 is 5.13. The number of hydrogen-bond donors (Lipinski definition) is 1. The SMILES string of the molecule is CCCNC(=O)C(C)N(Cc1ccc(OC)cc1)C(=O)CC. The lowest BCUT2D eigenvalue weighted by Crippen LogP contribution is -2.47. The minimum Gasteiger partial charge on any atom is -0.497 e. The van der Waals surface area contributed by atoms with Crippen LogP contribution in [0.2, 0.25) is 0 Å². The van der Waals surface area contributed by atoms with E-state index >= 15 is 0 Å². The monoisotopic (exact) mass is 306 g/mol. The summed E-state index contributed by atoms with van der Waals surface area (Å²) in [5.41, 5.74) is 0.970. The minimum absolute atomic E-state index is 0.0324. The molecular weight excluding hydrogens is 280 g/mol. The highest BCUT2D eigenvalue weighted by atomic mass is 16.5. The van der Waals surface area contributed by atoms with Gasteiger partial charge in [0.1, 0.15) is 11.8 Å². The largest absolute Gasteiger partial charge is 0.497 e.